The van der Waals surface area contributed by atoms with Crippen molar-refractivity contribution in [3.05, 3.63) is 95.1 Å². The molecule has 0 radical (unpaired) electrons. The number of halogens is 2. The fourth-order valence-electron chi connectivity index (χ4n) is 2.20. The Morgan fingerprint density at radius 2 is 1.18 bits per heavy atom. The molecule has 0 fully saturated rings. The Labute approximate surface area is 209 Å². The van der Waals surface area contributed by atoms with E-state index in [1.807, 2.05) is 6.92 Å². The zero-order valence-electron chi connectivity index (χ0n) is 15.2. The van der Waals surface area contributed by atoms with E-state index in [0.29, 0.717) is 0 Å². The summed E-state index contributed by atoms with van der Waals surface area (Å²) in [5.41, 5.74) is 1.28. The van der Waals surface area contributed by atoms with Gasteiger partial charge in [0.05, 0.1) is 5.56 Å². The first kappa shape index (κ1) is 22.6. The molecular weight excluding hydrogens is 440 g/mol. The predicted octanol–water partition coefficient (Wildman–Crippen LogP) is 1.52. The first-order valence-electron chi connectivity index (χ1n) is 7.91. The number of hydrogen-bond donors (Lipinski definition) is 0. The van der Waals surface area contributed by atoms with Crippen LogP contribution in [0.5, 0.6) is 11.5 Å². The maximum atomic E-state index is 14.2. The third-order valence-electron chi connectivity index (χ3n) is 3.66. The van der Waals surface area contributed by atoms with Crippen molar-refractivity contribution in [1.82, 2.24) is 0 Å². The maximum Gasteiger partial charge on any atom is 1.00 e. The van der Waals surface area contributed by atoms with Crippen molar-refractivity contribution in [1.29, 1.82) is 0 Å². The molecule has 0 unspecified atom stereocenters. The summed E-state index contributed by atoms with van der Waals surface area (Å²) in [6.07, 6.45) is 0. The molecule has 0 atom stereocenters. The monoisotopic (exact) mass is 452 g/mol. The number of aryl methyl sites for hydroxylation is 1. The van der Waals surface area contributed by atoms with Gasteiger partial charge in [0.25, 0.3) is 0 Å². The van der Waals surface area contributed by atoms with Gasteiger partial charge in [-0.2, -0.15) is 39.1 Å². The Hall–Kier alpha value is -1.73. The molecule has 3 rings (SSSR count). The SMILES string of the molecule is Cc1ccc(C(=O)Oc2ccc(OC(=O)c3cc[c-]cc3)c(F)c2F)cc1.[Rb+]. The summed E-state index contributed by atoms with van der Waals surface area (Å²) in [6, 6.07) is 17.0. The van der Waals surface area contributed by atoms with Gasteiger partial charge in [-0.3, -0.25) is 0 Å². The predicted molar refractivity (Wildman–Crippen MR) is 92.7 cm³/mol. The van der Waals surface area contributed by atoms with Gasteiger partial charge in [0, 0.05) is 0 Å². The molecule has 0 N–H and O–H groups in total. The van der Waals surface area contributed by atoms with Crippen LogP contribution in [0.25, 0.3) is 0 Å². The van der Waals surface area contributed by atoms with Gasteiger partial charge >= 0.3 is 70.1 Å². The minimum absolute atomic E-state index is 0. The van der Waals surface area contributed by atoms with Crippen molar-refractivity contribution in [3.8, 4) is 11.5 Å². The molecule has 0 aliphatic carbocycles. The van der Waals surface area contributed by atoms with Crippen LogP contribution >= 0.6 is 0 Å². The van der Waals surface area contributed by atoms with Crippen LogP contribution in [0.1, 0.15) is 26.3 Å². The number of rotatable bonds is 4. The Kier molecular flexibility index (Phi) is 8.18. The second-order valence-electron chi connectivity index (χ2n) is 5.62. The zero-order valence-corrected chi connectivity index (χ0v) is 20.1. The molecule has 0 aromatic heterocycles. The number of carbonyl (C=O) groups excluding carboxylic acids is 2. The molecule has 4 nitrogen and oxygen atoms in total. The van der Waals surface area contributed by atoms with Crippen LogP contribution in [0, 0.1) is 24.6 Å². The Morgan fingerprint density at radius 1 is 0.750 bits per heavy atom. The Morgan fingerprint density at radius 3 is 1.64 bits per heavy atom. The number of esters is 2. The first-order valence-corrected chi connectivity index (χ1v) is 7.91. The topological polar surface area (TPSA) is 52.6 Å². The summed E-state index contributed by atoms with van der Waals surface area (Å²) >= 11 is 0. The summed E-state index contributed by atoms with van der Waals surface area (Å²) in [5, 5.41) is 0. The van der Waals surface area contributed by atoms with E-state index in [1.54, 1.807) is 12.1 Å². The van der Waals surface area contributed by atoms with E-state index < -0.39 is 35.1 Å². The summed E-state index contributed by atoms with van der Waals surface area (Å²) in [6.45, 7) is 1.85. The normalized spacial score (nSPS) is 9.96. The van der Waals surface area contributed by atoms with Crippen LogP contribution in [-0.4, -0.2) is 11.9 Å². The fourth-order valence-corrected chi connectivity index (χ4v) is 2.20. The van der Waals surface area contributed by atoms with E-state index in [-0.39, 0.29) is 69.3 Å². The van der Waals surface area contributed by atoms with Crippen LogP contribution in [0.15, 0.2) is 60.7 Å². The number of carbonyl (C=O) groups is 2. The molecule has 0 aliphatic heterocycles. The molecule has 136 valence electrons. The summed E-state index contributed by atoms with van der Waals surface area (Å²) in [4.78, 5) is 24.0. The van der Waals surface area contributed by atoms with E-state index in [4.69, 9.17) is 9.47 Å². The van der Waals surface area contributed by atoms with Crippen molar-refractivity contribution in [2.24, 2.45) is 0 Å². The van der Waals surface area contributed by atoms with Gasteiger partial charge in [0.15, 0.2) is 11.5 Å². The number of benzene rings is 3. The van der Waals surface area contributed by atoms with Crippen LogP contribution in [0.4, 0.5) is 8.78 Å². The second kappa shape index (κ2) is 10.2. The smallest absolute Gasteiger partial charge is 0.421 e. The molecule has 0 amide bonds. The van der Waals surface area contributed by atoms with Crippen LogP contribution in [-0.2, 0) is 0 Å². The largest absolute Gasteiger partial charge is 1.00 e. The van der Waals surface area contributed by atoms with E-state index in [0.717, 1.165) is 17.7 Å². The van der Waals surface area contributed by atoms with Crippen LogP contribution in [0.2, 0.25) is 0 Å². The quantitative estimate of drug-likeness (QED) is 0.342. The molecule has 0 saturated heterocycles. The van der Waals surface area contributed by atoms with E-state index in [2.05, 4.69) is 6.07 Å². The molecule has 0 spiro atoms. The van der Waals surface area contributed by atoms with Gasteiger partial charge in [-0.05, 0) is 36.8 Å². The van der Waals surface area contributed by atoms with Crippen molar-refractivity contribution in [2.75, 3.05) is 0 Å². The third kappa shape index (κ3) is 5.41. The minimum atomic E-state index is -1.43. The molecule has 28 heavy (non-hydrogen) atoms. The van der Waals surface area contributed by atoms with Crippen molar-refractivity contribution >= 4 is 11.9 Å². The standard InChI is InChI=1S/C21H13F2O4.Rb/c1-13-7-9-15(10-8-13)21(25)27-17-12-11-16(18(22)19(17)23)26-20(24)14-5-3-2-4-6-14;/h3-12H,1H3;/q-1;+1. The molecule has 0 heterocycles. The average Bonchev–Trinajstić information content (AvgIpc) is 2.68. The zero-order chi connectivity index (χ0) is 19.4. The Bertz CT molecular complexity index is 989. The van der Waals surface area contributed by atoms with E-state index in [9.17, 15) is 18.4 Å². The second-order valence-corrected chi connectivity index (χ2v) is 5.62. The first-order chi connectivity index (χ1) is 13.0. The summed E-state index contributed by atoms with van der Waals surface area (Å²) in [7, 11) is 0. The average molecular weight is 453 g/mol. The molecule has 0 bridgehead atoms. The van der Waals surface area contributed by atoms with Crippen LogP contribution in [0.3, 0.4) is 0 Å². The van der Waals surface area contributed by atoms with Crippen molar-refractivity contribution in [2.45, 2.75) is 6.92 Å². The Balaban J connectivity index is 0.00000280. The summed E-state index contributed by atoms with van der Waals surface area (Å²) < 4.78 is 38.2. The molecular formula is C21H13F2O4Rb. The molecule has 0 saturated carbocycles. The van der Waals surface area contributed by atoms with Crippen molar-refractivity contribution in [3.63, 3.8) is 0 Å². The number of ether oxygens (including phenoxy) is 2. The van der Waals surface area contributed by atoms with Crippen molar-refractivity contribution < 1.29 is 86.0 Å². The van der Waals surface area contributed by atoms with E-state index >= 15 is 0 Å². The van der Waals surface area contributed by atoms with Gasteiger partial charge in [-0.1, -0.05) is 17.7 Å². The maximum absolute atomic E-state index is 14.2. The van der Waals surface area contributed by atoms with E-state index in [1.165, 1.54) is 36.4 Å². The van der Waals surface area contributed by atoms with Gasteiger partial charge < -0.3 is 9.47 Å². The fraction of sp³-hybridized carbons (Fsp3) is 0.0476. The minimum Gasteiger partial charge on any atom is -0.421 e. The third-order valence-corrected chi connectivity index (χ3v) is 3.66. The molecule has 3 aromatic carbocycles. The summed E-state index contributed by atoms with van der Waals surface area (Å²) in [5.74, 6) is -5.76. The van der Waals surface area contributed by atoms with Gasteiger partial charge in [0.1, 0.15) is 0 Å². The van der Waals surface area contributed by atoms with Crippen LogP contribution < -0.4 is 67.7 Å². The number of hydrogen-bond acceptors (Lipinski definition) is 4. The molecule has 7 heteroatoms. The van der Waals surface area contributed by atoms with Gasteiger partial charge in [-0.25, -0.2) is 9.59 Å². The molecule has 3 aromatic rings. The molecule has 0 aliphatic rings. The van der Waals surface area contributed by atoms with Gasteiger partial charge in [-0.15, -0.1) is 0 Å². The van der Waals surface area contributed by atoms with Gasteiger partial charge in [0.2, 0.25) is 11.6 Å².